The predicted octanol–water partition coefficient (Wildman–Crippen LogP) is 2.72. The number of nitrogens with zero attached hydrogens (tertiary/aromatic N) is 2. The largest absolute Gasteiger partial charge is 0.365 e. The van der Waals surface area contributed by atoms with Crippen LogP contribution in [0.2, 0.25) is 0 Å². The van der Waals surface area contributed by atoms with E-state index in [2.05, 4.69) is 21.5 Å². The van der Waals surface area contributed by atoms with E-state index in [0.717, 1.165) is 23.6 Å². The minimum Gasteiger partial charge on any atom is -0.365 e. The predicted molar refractivity (Wildman–Crippen MR) is 83.7 cm³/mol. The Hall–Kier alpha value is -1.10. The smallest absolute Gasteiger partial charge is 0.171 e. The molecule has 5 heteroatoms. The minimum absolute atomic E-state index is 0.302. The second kappa shape index (κ2) is 4.45. The molecule has 4 bridgehead atoms. The minimum atomic E-state index is 0.302. The van der Waals surface area contributed by atoms with E-state index >= 15 is 0 Å². The second-order valence-electron chi connectivity index (χ2n) is 6.99. The van der Waals surface area contributed by atoms with Gasteiger partial charge in [0.25, 0.3) is 0 Å². The van der Waals surface area contributed by atoms with Gasteiger partial charge in [-0.3, -0.25) is 4.68 Å². The molecule has 0 amide bonds. The molecule has 0 saturated heterocycles. The molecule has 0 unspecified atom stereocenters. The summed E-state index contributed by atoms with van der Waals surface area (Å²) in [7, 11) is 1.82. The summed E-state index contributed by atoms with van der Waals surface area (Å²) in [5.74, 6) is 3.70. The highest BCUT2D eigenvalue weighted by Crippen LogP contribution is 2.58. The van der Waals surface area contributed by atoms with Crippen LogP contribution >= 0.6 is 12.2 Å². The topological polar surface area (TPSA) is 41.9 Å². The molecule has 0 atom stereocenters. The molecule has 4 aliphatic carbocycles. The molecule has 5 rings (SSSR count). The molecule has 4 aliphatic rings. The number of thiocarbonyl (C=S) groups is 1. The summed E-state index contributed by atoms with van der Waals surface area (Å²) in [6, 6.07) is 2.04. The summed E-state index contributed by atoms with van der Waals surface area (Å²) < 4.78 is 2.25. The van der Waals surface area contributed by atoms with E-state index < -0.39 is 0 Å². The molecule has 0 spiro atoms. The zero-order valence-electron chi connectivity index (χ0n) is 11.9. The van der Waals surface area contributed by atoms with E-state index in [4.69, 9.17) is 17.3 Å². The third-order valence-corrected chi connectivity index (χ3v) is 5.86. The first-order valence-corrected chi connectivity index (χ1v) is 8.12. The monoisotopic (exact) mass is 290 g/mol. The van der Waals surface area contributed by atoms with Gasteiger partial charge in [-0.25, -0.2) is 0 Å². The summed E-state index contributed by atoms with van der Waals surface area (Å²) in [5.41, 5.74) is 0.302. The number of anilines is 1. The fourth-order valence-corrected chi connectivity index (χ4v) is 5.28. The molecule has 108 valence electrons. The lowest BCUT2D eigenvalue weighted by Crippen LogP contribution is -2.52. The lowest BCUT2D eigenvalue weighted by atomic mass is 9.53. The maximum Gasteiger partial charge on any atom is 0.171 e. The average molecular weight is 290 g/mol. The zero-order valence-corrected chi connectivity index (χ0v) is 12.7. The van der Waals surface area contributed by atoms with Crippen molar-refractivity contribution in [1.29, 1.82) is 0 Å². The molecule has 4 fully saturated rings. The first-order valence-electron chi connectivity index (χ1n) is 7.72. The van der Waals surface area contributed by atoms with Crippen molar-refractivity contribution in [2.45, 2.75) is 44.1 Å². The Kier molecular flexibility index (Phi) is 2.81. The van der Waals surface area contributed by atoms with Gasteiger partial charge in [0.15, 0.2) is 10.9 Å². The van der Waals surface area contributed by atoms with Crippen molar-refractivity contribution in [3.63, 3.8) is 0 Å². The van der Waals surface area contributed by atoms with Crippen LogP contribution in [0, 0.1) is 17.8 Å². The van der Waals surface area contributed by atoms with Crippen molar-refractivity contribution < 1.29 is 0 Å². The molecule has 0 aliphatic heterocycles. The van der Waals surface area contributed by atoms with Gasteiger partial charge in [0.1, 0.15) is 0 Å². The van der Waals surface area contributed by atoms with Crippen LogP contribution in [0.4, 0.5) is 5.82 Å². The quantitative estimate of drug-likeness (QED) is 0.822. The summed E-state index contributed by atoms with van der Waals surface area (Å²) in [6.45, 7) is 0. The van der Waals surface area contributed by atoms with Crippen LogP contribution in [0.15, 0.2) is 12.3 Å². The third kappa shape index (κ3) is 1.94. The van der Waals surface area contributed by atoms with Crippen molar-refractivity contribution in [2.24, 2.45) is 17.8 Å². The summed E-state index contributed by atoms with van der Waals surface area (Å²) >= 11 is 5.14. The van der Waals surface area contributed by atoms with E-state index in [-0.39, 0.29) is 0 Å². The molecule has 2 N–H and O–H groups in total. The zero-order chi connectivity index (χ0) is 13.7. The SMILES string of the molecule is CNC(=S)Nc1ccn(C23CC4CC(CC(C4)C2)C3)n1. The van der Waals surface area contributed by atoms with Crippen molar-refractivity contribution in [2.75, 3.05) is 12.4 Å². The number of hydrogen-bond donors (Lipinski definition) is 2. The van der Waals surface area contributed by atoms with Gasteiger partial charge in [0.2, 0.25) is 0 Å². The number of hydrogen-bond acceptors (Lipinski definition) is 2. The van der Waals surface area contributed by atoms with E-state index in [9.17, 15) is 0 Å². The van der Waals surface area contributed by atoms with Gasteiger partial charge in [0, 0.05) is 19.3 Å². The highest BCUT2D eigenvalue weighted by atomic mass is 32.1. The highest BCUT2D eigenvalue weighted by Gasteiger charge is 2.52. The van der Waals surface area contributed by atoms with Gasteiger partial charge >= 0.3 is 0 Å². The van der Waals surface area contributed by atoms with Crippen LogP contribution in [0.5, 0.6) is 0 Å². The molecule has 20 heavy (non-hydrogen) atoms. The summed E-state index contributed by atoms with van der Waals surface area (Å²) in [5, 5.41) is 11.5. The van der Waals surface area contributed by atoms with Gasteiger partial charge in [0.05, 0.1) is 5.54 Å². The normalized spacial score (nSPS) is 38.0. The Bertz CT molecular complexity index is 500. The Morgan fingerprint density at radius 3 is 2.40 bits per heavy atom. The molecule has 4 nitrogen and oxygen atoms in total. The number of nitrogens with one attached hydrogen (secondary N) is 2. The van der Waals surface area contributed by atoms with Crippen molar-refractivity contribution in [3.05, 3.63) is 12.3 Å². The van der Waals surface area contributed by atoms with Crippen molar-refractivity contribution >= 4 is 23.1 Å². The first kappa shape index (κ1) is 12.6. The second-order valence-corrected chi connectivity index (χ2v) is 7.40. The lowest BCUT2D eigenvalue weighted by molar-refractivity contribution is -0.0492. The molecule has 1 aromatic rings. The fourth-order valence-electron chi connectivity index (χ4n) is 5.18. The Morgan fingerprint density at radius 1 is 1.25 bits per heavy atom. The molecule has 0 radical (unpaired) electrons. The van der Waals surface area contributed by atoms with Gasteiger partial charge in [-0.15, -0.1) is 0 Å². The van der Waals surface area contributed by atoms with Crippen LogP contribution < -0.4 is 10.6 Å². The van der Waals surface area contributed by atoms with Crippen LogP contribution in [0.1, 0.15) is 38.5 Å². The van der Waals surface area contributed by atoms with Crippen molar-refractivity contribution in [1.82, 2.24) is 15.1 Å². The van der Waals surface area contributed by atoms with E-state index in [1.54, 1.807) is 0 Å². The first-order chi connectivity index (χ1) is 9.67. The Labute approximate surface area is 125 Å². The standard InChI is InChI=1S/C15H22N4S/c1-16-14(20)17-13-2-3-19(18-13)15-7-10-4-11(8-15)6-12(5-10)9-15/h2-3,10-12H,4-9H2,1H3,(H2,16,17,18,20). The lowest BCUT2D eigenvalue weighted by Gasteiger charge is -2.56. The van der Waals surface area contributed by atoms with E-state index in [1.165, 1.54) is 38.5 Å². The molecule has 4 saturated carbocycles. The van der Waals surface area contributed by atoms with Crippen LogP contribution in [0.3, 0.4) is 0 Å². The van der Waals surface area contributed by atoms with E-state index in [0.29, 0.717) is 10.7 Å². The Morgan fingerprint density at radius 2 is 1.85 bits per heavy atom. The van der Waals surface area contributed by atoms with Crippen LogP contribution in [-0.4, -0.2) is 21.9 Å². The summed E-state index contributed by atoms with van der Waals surface area (Å²) in [6.07, 6.45) is 10.5. The van der Waals surface area contributed by atoms with Crippen LogP contribution in [0.25, 0.3) is 0 Å². The van der Waals surface area contributed by atoms with Crippen LogP contribution in [-0.2, 0) is 5.54 Å². The average Bonchev–Trinajstić information content (AvgIpc) is 2.86. The molecule has 1 aromatic heterocycles. The maximum absolute atomic E-state index is 5.14. The number of rotatable bonds is 2. The molecule has 0 aromatic carbocycles. The van der Waals surface area contributed by atoms with Gasteiger partial charge < -0.3 is 10.6 Å². The Balaban J connectivity index is 1.59. The van der Waals surface area contributed by atoms with Crippen molar-refractivity contribution in [3.8, 4) is 0 Å². The molecular weight excluding hydrogens is 268 g/mol. The van der Waals surface area contributed by atoms with E-state index in [1.807, 2.05) is 13.1 Å². The van der Waals surface area contributed by atoms with Gasteiger partial charge in [-0.05, 0) is 68.5 Å². The van der Waals surface area contributed by atoms with Gasteiger partial charge in [-0.1, -0.05) is 0 Å². The number of aromatic nitrogens is 2. The van der Waals surface area contributed by atoms with Gasteiger partial charge in [-0.2, -0.15) is 5.10 Å². The third-order valence-electron chi connectivity index (χ3n) is 5.55. The molecular formula is C15H22N4S. The highest BCUT2D eigenvalue weighted by molar-refractivity contribution is 7.80. The fraction of sp³-hybridized carbons (Fsp3) is 0.733. The summed E-state index contributed by atoms with van der Waals surface area (Å²) in [4.78, 5) is 0. The maximum atomic E-state index is 5.14. The molecule has 1 heterocycles.